The van der Waals surface area contributed by atoms with Gasteiger partial charge < -0.3 is 10.8 Å². The smallest absolute Gasteiger partial charge is 0.164 e. The molecule has 0 amide bonds. The minimum absolute atomic E-state index is 0.159. The zero-order chi connectivity index (χ0) is 11.0. The summed E-state index contributed by atoms with van der Waals surface area (Å²) in [5.41, 5.74) is 7.30. The summed E-state index contributed by atoms with van der Waals surface area (Å²) in [4.78, 5) is 4.30. The van der Waals surface area contributed by atoms with E-state index in [2.05, 4.69) is 15.2 Å². The summed E-state index contributed by atoms with van der Waals surface area (Å²) in [7, 11) is 0. The highest BCUT2D eigenvalue weighted by molar-refractivity contribution is 5.40. The molecule has 2 aromatic rings. The fraction of sp³-hybridized carbons (Fsp3) is 0.444. The molecule has 2 aromatic heterocycles. The number of nitrogens with two attached hydrogens (primary N) is 1. The molecule has 0 aliphatic carbocycles. The normalized spacial score (nSPS) is 13.3. The molecule has 1 unspecified atom stereocenters. The Kier molecular flexibility index (Phi) is 2.37. The van der Waals surface area contributed by atoms with Gasteiger partial charge in [0, 0.05) is 11.8 Å². The topological polar surface area (TPSA) is 89.3 Å². The van der Waals surface area contributed by atoms with Crippen molar-refractivity contribution < 1.29 is 5.11 Å². The number of hydrogen-bond donors (Lipinski definition) is 2. The molecule has 6 heteroatoms. The molecule has 0 radical (unpaired) electrons. The lowest BCUT2D eigenvalue weighted by molar-refractivity contribution is 0.262. The van der Waals surface area contributed by atoms with Gasteiger partial charge in [0.1, 0.15) is 5.82 Å². The summed E-state index contributed by atoms with van der Waals surface area (Å²) in [6, 6.07) is 1.30. The van der Waals surface area contributed by atoms with Crippen molar-refractivity contribution in [2.24, 2.45) is 5.73 Å². The van der Waals surface area contributed by atoms with Crippen molar-refractivity contribution in [2.45, 2.75) is 19.9 Å². The van der Waals surface area contributed by atoms with Crippen LogP contribution in [0.3, 0.4) is 0 Å². The lowest BCUT2D eigenvalue weighted by Gasteiger charge is -2.07. The fourth-order valence-electron chi connectivity index (χ4n) is 1.58. The maximum atomic E-state index is 8.99. The minimum Gasteiger partial charge on any atom is -0.394 e. The molecule has 80 valence electrons. The summed E-state index contributed by atoms with van der Waals surface area (Å²) in [6.45, 7) is 3.60. The molecule has 0 fully saturated rings. The van der Waals surface area contributed by atoms with Crippen LogP contribution >= 0.6 is 0 Å². The number of aliphatic hydroxyl groups excluding tert-OH is 1. The highest BCUT2D eigenvalue weighted by Crippen LogP contribution is 2.12. The molecule has 1 atom stereocenters. The SMILES string of the molecule is Cc1cc2nnc(C(N)CO)n2c(C)n1. The summed E-state index contributed by atoms with van der Waals surface area (Å²) in [6.07, 6.45) is 0. The molecule has 0 saturated carbocycles. The minimum atomic E-state index is -0.525. The van der Waals surface area contributed by atoms with Crippen LogP contribution in [0.25, 0.3) is 5.65 Å². The number of nitrogens with zero attached hydrogens (tertiary/aromatic N) is 4. The molecule has 0 aliphatic rings. The Morgan fingerprint density at radius 1 is 1.47 bits per heavy atom. The van der Waals surface area contributed by atoms with Gasteiger partial charge in [-0.2, -0.15) is 0 Å². The molecule has 0 spiro atoms. The van der Waals surface area contributed by atoms with Crippen LogP contribution in [0.2, 0.25) is 0 Å². The molecule has 0 aromatic carbocycles. The van der Waals surface area contributed by atoms with Gasteiger partial charge in [-0.1, -0.05) is 0 Å². The van der Waals surface area contributed by atoms with E-state index in [1.807, 2.05) is 19.9 Å². The van der Waals surface area contributed by atoms with Crippen LogP contribution in [0.1, 0.15) is 23.4 Å². The van der Waals surface area contributed by atoms with Gasteiger partial charge in [0.05, 0.1) is 12.6 Å². The van der Waals surface area contributed by atoms with Crippen LogP contribution in [0.15, 0.2) is 6.07 Å². The van der Waals surface area contributed by atoms with Crippen LogP contribution in [0.5, 0.6) is 0 Å². The van der Waals surface area contributed by atoms with Crippen LogP contribution in [-0.2, 0) is 0 Å². The highest BCUT2D eigenvalue weighted by atomic mass is 16.3. The average molecular weight is 207 g/mol. The predicted molar refractivity (Wildman–Crippen MR) is 54.3 cm³/mol. The van der Waals surface area contributed by atoms with Gasteiger partial charge in [0.15, 0.2) is 11.5 Å². The Hall–Kier alpha value is -1.53. The Labute approximate surface area is 86.8 Å². The van der Waals surface area contributed by atoms with E-state index < -0.39 is 6.04 Å². The second kappa shape index (κ2) is 3.56. The lowest BCUT2D eigenvalue weighted by Crippen LogP contribution is -2.18. The van der Waals surface area contributed by atoms with E-state index in [4.69, 9.17) is 10.8 Å². The van der Waals surface area contributed by atoms with Crippen molar-refractivity contribution in [3.05, 3.63) is 23.4 Å². The summed E-state index contributed by atoms with van der Waals surface area (Å²) in [5.74, 6) is 1.31. The van der Waals surface area contributed by atoms with Crippen molar-refractivity contribution in [3.8, 4) is 0 Å². The summed E-state index contributed by atoms with van der Waals surface area (Å²) < 4.78 is 1.76. The van der Waals surface area contributed by atoms with E-state index in [9.17, 15) is 0 Å². The number of fused-ring (bicyclic) bond motifs is 1. The first kappa shape index (κ1) is 10.0. The van der Waals surface area contributed by atoms with E-state index in [-0.39, 0.29) is 6.61 Å². The molecule has 0 bridgehead atoms. The molecule has 2 rings (SSSR count). The standard InChI is InChI=1S/C9H13N5O/c1-5-3-8-12-13-9(7(10)4-15)14(8)6(2)11-5/h3,7,15H,4,10H2,1-2H3. The largest absolute Gasteiger partial charge is 0.394 e. The number of rotatable bonds is 2. The molecule has 3 N–H and O–H groups in total. The van der Waals surface area contributed by atoms with Crippen molar-refractivity contribution in [1.29, 1.82) is 0 Å². The van der Waals surface area contributed by atoms with Crippen LogP contribution < -0.4 is 5.73 Å². The van der Waals surface area contributed by atoms with Gasteiger partial charge in [-0.3, -0.25) is 4.40 Å². The number of hydrogen-bond acceptors (Lipinski definition) is 5. The Bertz CT molecular complexity index is 492. The van der Waals surface area contributed by atoms with Gasteiger partial charge in [-0.15, -0.1) is 10.2 Å². The van der Waals surface area contributed by atoms with Crippen molar-refractivity contribution in [3.63, 3.8) is 0 Å². The molecule has 15 heavy (non-hydrogen) atoms. The zero-order valence-electron chi connectivity index (χ0n) is 8.68. The fourth-order valence-corrected chi connectivity index (χ4v) is 1.58. The van der Waals surface area contributed by atoms with Crippen LogP contribution in [-0.4, -0.2) is 31.3 Å². The number of aromatic nitrogens is 4. The summed E-state index contributed by atoms with van der Waals surface area (Å²) in [5, 5.41) is 16.9. The van der Waals surface area contributed by atoms with E-state index in [0.29, 0.717) is 11.5 Å². The zero-order valence-corrected chi connectivity index (χ0v) is 8.68. The molecule has 6 nitrogen and oxygen atoms in total. The van der Waals surface area contributed by atoms with E-state index in [1.165, 1.54) is 0 Å². The second-order valence-corrected chi connectivity index (χ2v) is 3.49. The molecule has 0 saturated heterocycles. The molecule has 2 heterocycles. The van der Waals surface area contributed by atoms with Crippen molar-refractivity contribution >= 4 is 5.65 Å². The summed E-state index contributed by atoms with van der Waals surface area (Å²) >= 11 is 0. The lowest BCUT2D eigenvalue weighted by atomic mass is 10.3. The van der Waals surface area contributed by atoms with Crippen molar-refractivity contribution in [1.82, 2.24) is 19.6 Å². The van der Waals surface area contributed by atoms with E-state index >= 15 is 0 Å². The van der Waals surface area contributed by atoms with Crippen LogP contribution in [0, 0.1) is 13.8 Å². The monoisotopic (exact) mass is 207 g/mol. The predicted octanol–water partition coefficient (Wildman–Crippen LogP) is -0.267. The van der Waals surface area contributed by atoms with Gasteiger partial charge in [0.2, 0.25) is 0 Å². The third kappa shape index (κ3) is 1.57. The highest BCUT2D eigenvalue weighted by Gasteiger charge is 2.14. The first-order chi connectivity index (χ1) is 7.13. The third-order valence-electron chi connectivity index (χ3n) is 2.24. The number of aliphatic hydroxyl groups is 1. The maximum Gasteiger partial charge on any atom is 0.164 e. The van der Waals surface area contributed by atoms with Gasteiger partial charge in [-0.25, -0.2) is 4.98 Å². The maximum absolute atomic E-state index is 8.99. The van der Waals surface area contributed by atoms with Gasteiger partial charge in [-0.05, 0) is 13.8 Å². The van der Waals surface area contributed by atoms with Gasteiger partial charge >= 0.3 is 0 Å². The first-order valence-corrected chi connectivity index (χ1v) is 4.69. The molecule has 0 aliphatic heterocycles. The third-order valence-corrected chi connectivity index (χ3v) is 2.24. The van der Waals surface area contributed by atoms with Crippen LogP contribution in [0.4, 0.5) is 0 Å². The Balaban J connectivity index is 2.69. The van der Waals surface area contributed by atoms with E-state index in [0.717, 1.165) is 11.5 Å². The first-order valence-electron chi connectivity index (χ1n) is 4.69. The number of aryl methyl sites for hydroxylation is 2. The molecular formula is C9H13N5O. The Morgan fingerprint density at radius 2 is 2.20 bits per heavy atom. The van der Waals surface area contributed by atoms with E-state index in [1.54, 1.807) is 4.40 Å². The quantitative estimate of drug-likeness (QED) is 0.707. The Morgan fingerprint density at radius 3 is 2.87 bits per heavy atom. The second-order valence-electron chi connectivity index (χ2n) is 3.49. The van der Waals surface area contributed by atoms with Crippen molar-refractivity contribution in [2.75, 3.05) is 6.61 Å². The van der Waals surface area contributed by atoms with Gasteiger partial charge in [0.25, 0.3) is 0 Å². The molecular weight excluding hydrogens is 194 g/mol. The average Bonchev–Trinajstić information content (AvgIpc) is 2.60.